The molecule has 0 N–H and O–H groups in total. The van der Waals surface area contributed by atoms with E-state index in [1.54, 1.807) is 64.2 Å². The first-order valence-corrected chi connectivity index (χ1v) is 19.8. The fraction of sp³-hybridized carbons (Fsp3) is 1.00. The fourth-order valence-corrected chi connectivity index (χ4v) is 24.5. The SMILES string of the molecule is C1C2CC3CC4CC5CC6CC7CC8CC9CC%10CC1C1C2C2C3C4C3C5C6C4C7C8C5C9C%10C1C1C2C3C4C51. The molecule has 0 bridgehead atoms. The molecule has 16 aliphatic carbocycles. The normalized spacial score (nSPS) is 87.0. The zero-order valence-corrected chi connectivity index (χ0v) is 24.4. The van der Waals surface area contributed by atoms with Gasteiger partial charge in [-0.05, 0) is 242 Å². The van der Waals surface area contributed by atoms with Gasteiger partial charge in [-0.1, -0.05) is 0 Å². The molecule has 0 spiro atoms. The Bertz CT molecular complexity index is 1020. The maximum atomic E-state index is 1.75. The van der Waals surface area contributed by atoms with E-state index in [-0.39, 0.29) is 0 Å². The lowest BCUT2D eigenvalue weighted by Crippen LogP contribution is -2.64. The molecule has 0 amide bonds. The molecule has 0 radical (unpaired) electrons. The summed E-state index contributed by atoms with van der Waals surface area (Å²) >= 11 is 0. The molecule has 0 aromatic rings. The summed E-state index contributed by atoms with van der Waals surface area (Å²) in [7, 11) is 0. The summed E-state index contributed by atoms with van der Waals surface area (Å²) in [5.74, 6) is 37.5. The summed E-state index contributed by atoms with van der Waals surface area (Å²) in [4.78, 5) is 0. The van der Waals surface area contributed by atoms with Crippen LogP contribution in [0, 0.1) is 178 Å². The first-order valence-electron chi connectivity index (χ1n) is 19.8. The standard InChI is InChI=1S/C40H50/c1-11-6-13-2-15-8-17-4-19-10-20-5-18-9-16-3-14-7-12(1)22-21(11)31-23(13)25(15)33-27(17)29(19)35-30(20)28(18)34-26(16)24(14)32(22)37-36(31)38(33)40(35)39(34)37/h11-40H,1-10H2. The van der Waals surface area contributed by atoms with Crippen molar-refractivity contribution < 1.29 is 0 Å². The summed E-state index contributed by atoms with van der Waals surface area (Å²) in [5.41, 5.74) is 0. The molecule has 40 heavy (non-hydrogen) atoms. The van der Waals surface area contributed by atoms with Crippen LogP contribution in [0.5, 0.6) is 0 Å². The third kappa shape index (κ3) is 1.61. The molecule has 10 unspecified atom stereocenters. The topological polar surface area (TPSA) is 0 Å². The van der Waals surface area contributed by atoms with Gasteiger partial charge in [-0.2, -0.15) is 0 Å². The third-order valence-corrected chi connectivity index (χ3v) is 22.6. The highest BCUT2D eigenvalue weighted by atomic mass is 14.9. The van der Waals surface area contributed by atoms with Gasteiger partial charge in [0.2, 0.25) is 0 Å². The Morgan fingerprint density at radius 1 is 0.125 bits per heavy atom. The quantitative estimate of drug-likeness (QED) is 0.303. The van der Waals surface area contributed by atoms with E-state index in [1.807, 2.05) is 0 Å². The van der Waals surface area contributed by atoms with Gasteiger partial charge >= 0.3 is 0 Å². The van der Waals surface area contributed by atoms with Gasteiger partial charge in [0, 0.05) is 0 Å². The van der Waals surface area contributed by atoms with Crippen molar-refractivity contribution in [3.05, 3.63) is 0 Å². The number of rotatable bonds is 0. The minimum Gasteiger partial charge on any atom is -0.0470 e. The van der Waals surface area contributed by atoms with E-state index in [1.165, 1.54) is 178 Å². The highest BCUT2D eigenvalue weighted by Crippen LogP contribution is 2.90. The summed E-state index contributed by atoms with van der Waals surface area (Å²) in [6.45, 7) is 0. The second kappa shape index (κ2) is 5.63. The van der Waals surface area contributed by atoms with Crippen LogP contribution in [0.3, 0.4) is 0 Å². The van der Waals surface area contributed by atoms with Crippen molar-refractivity contribution in [3.8, 4) is 0 Å². The maximum absolute atomic E-state index is 1.75. The summed E-state index contributed by atoms with van der Waals surface area (Å²) in [6.07, 6.45) is 17.5. The number of hydrogen-bond donors (Lipinski definition) is 0. The molecule has 0 nitrogen and oxygen atoms in total. The van der Waals surface area contributed by atoms with E-state index in [0.29, 0.717) is 0 Å². The van der Waals surface area contributed by atoms with Crippen molar-refractivity contribution >= 4 is 0 Å². The Morgan fingerprint density at radius 3 is 0.350 bits per heavy atom. The Hall–Kier alpha value is 0. The second-order valence-corrected chi connectivity index (χ2v) is 21.5. The van der Waals surface area contributed by atoms with Crippen LogP contribution in [0.4, 0.5) is 0 Å². The molecule has 16 fully saturated rings. The van der Waals surface area contributed by atoms with Crippen LogP contribution in [-0.4, -0.2) is 0 Å². The van der Waals surface area contributed by atoms with Crippen LogP contribution in [0.1, 0.15) is 64.2 Å². The van der Waals surface area contributed by atoms with Gasteiger partial charge in [-0.3, -0.25) is 0 Å². The van der Waals surface area contributed by atoms with E-state index in [0.717, 1.165) is 0 Å². The predicted molar refractivity (Wildman–Crippen MR) is 151 cm³/mol. The molecule has 210 valence electrons. The first-order chi connectivity index (χ1) is 19.8. The maximum Gasteiger partial charge on any atom is -0.0312 e. The average molecular weight is 531 g/mol. The molecular weight excluding hydrogens is 480 g/mol. The largest absolute Gasteiger partial charge is 0.0470 e. The molecule has 0 saturated heterocycles. The number of hydrogen-bond acceptors (Lipinski definition) is 0. The van der Waals surface area contributed by atoms with E-state index in [4.69, 9.17) is 0 Å². The van der Waals surface area contributed by atoms with E-state index < -0.39 is 0 Å². The smallest absolute Gasteiger partial charge is 0.0312 e. The van der Waals surface area contributed by atoms with Crippen LogP contribution < -0.4 is 0 Å². The molecule has 0 heteroatoms. The molecule has 0 aromatic heterocycles. The lowest BCUT2D eigenvalue weighted by Gasteiger charge is -2.68. The van der Waals surface area contributed by atoms with Crippen molar-refractivity contribution in [2.24, 2.45) is 178 Å². The lowest BCUT2D eigenvalue weighted by molar-refractivity contribution is -0.213. The molecule has 0 heterocycles. The summed E-state index contributed by atoms with van der Waals surface area (Å²) in [6, 6.07) is 0. The predicted octanol–water partition coefficient (Wildman–Crippen LogP) is 7.59. The fourth-order valence-electron chi connectivity index (χ4n) is 24.5. The molecule has 0 aliphatic heterocycles. The van der Waals surface area contributed by atoms with Gasteiger partial charge in [0.1, 0.15) is 0 Å². The van der Waals surface area contributed by atoms with Gasteiger partial charge in [0.05, 0.1) is 0 Å². The monoisotopic (exact) mass is 530 g/mol. The third-order valence-electron chi connectivity index (χ3n) is 22.6. The Kier molecular flexibility index (Phi) is 2.83. The summed E-state index contributed by atoms with van der Waals surface area (Å²) < 4.78 is 0. The van der Waals surface area contributed by atoms with E-state index in [9.17, 15) is 0 Å². The molecule has 10 atom stereocenters. The van der Waals surface area contributed by atoms with E-state index >= 15 is 0 Å². The van der Waals surface area contributed by atoms with Gasteiger partial charge in [-0.25, -0.2) is 0 Å². The van der Waals surface area contributed by atoms with E-state index in [2.05, 4.69) is 0 Å². The van der Waals surface area contributed by atoms with Crippen LogP contribution in [-0.2, 0) is 0 Å². The van der Waals surface area contributed by atoms with Crippen LogP contribution >= 0.6 is 0 Å². The Labute approximate surface area is 241 Å². The van der Waals surface area contributed by atoms with Gasteiger partial charge < -0.3 is 0 Å². The van der Waals surface area contributed by atoms with Crippen LogP contribution in [0.15, 0.2) is 0 Å². The minimum absolute atomic E-state index is 1.21. The van der Waals surface area contributed by atoms with Crippen molar-refractivity contribution in [1.29, 1.82) is 0 Å². The summed E-state index contributed by atoms with van der Waals surface area (Å²) in [5, 5.41) is 0. The van der Waals surface area contributed by atoms with Crippen molar-refractivity contribution in [1.82, 2.24) is 0 Å². The van der Waals surface area contributed by atoms with Crippen LogP contribution in [0.25, 0.3) is 0 Å². The molecule has 16 aliphatic rings. The average Bonchev–Trinajstić information content (AvgIpc) is 3.77. The lowest BCUT2D eigenvalue weighted by atomic mass is 9.36. The van der Waals surface area contributed by atoms with Gasteiger partial charge in [-0.15, -0.1) is 0 Å². The molecular formula is C40H50. The second-order valence-electron chi connectivity index (χ2n) is 21.5. The van der Waals surface area contributed by atoms with Crippen molar-refractivity contribution in [3.63, 3.8) is 0 Å². The first kappa shape index (κ1) is 20.1. The Balaban J connectivity index is 1.05. The van der Waals surface area contributed by atoms with Gasteiger partial charge in [0.15, 0.2) is 0 Å². The Morgan fingerprint density at radius 2 is 0.225 bits per heavy atom. The molecule has 0 aromatic carbocycles. The zero-order chi connectivity index (χ0) is 24.4. The molecule has 16 saturated carbocycles. The van der Waals surface area contributed by atoms with Crippen molar-refractivity contribution in [2.75, 3.05) is 0 Å². The highest BCUT2D eigenvalue weighted by molar-refractivity contribution is 5.33. The van der Waals surface area contributed by atoms with Crippen LogP contribution in [0.2, 0.25) is 0 Å². The van der Waals surface area contributed by atoms with Crippen molar-refractivity contribution in [2.45, 2.75) is 64.2 Å². The van der Waals surface area contributed by atoms with Gasteiger partial charge in [0.25, 0.3) is 0 Å². The minimum atomic E-state index is 1.21. The highest BCUT2D eigenvalue weighted by Gasteiger charge is 2.86. The molecule has 16 rings (SSSR count). The zero-order valence-electron chi connectivity index (χ0n) is 24.4.